The molecule has 0 aromatic rings. The molecule has 0 aliphatic carbocycles. The van der Waals surface area contributed by atoms with Crippen LogP contribution in [0.5, 0.6) is 0 Å². The van der Waals surface area contributed by atoms with Crippen molar-refractivity contribution in [3.05, 3.63) is 0 Å². The van der Waals surface area contributed by atoms with Crippen molar-refractivity contribution in [3.8, 4) is 0 Å². The Morgan fingerprint density at radius 2 is 0.882 bits per heavy atom. The monoisotopic (exact) mass is 248 g/mol. The van der Waals surface area contributed by atoms with E-state index in [4.69, 9.17) is 18.9 Å². The third-order valence-electron chi connectivity index (χ3n) is 2.35. The fourth-order valence-corrected chi connectivity index (χ4v) is 1.40. The van der Waals surface area contributed by atoms with Gasteiger partial charge in [0.05, 0.1) is 0 Å². The second-order valence-corrected chi connectivity index (χ2v) is 3.98. The largest absolute Gasteiger partial charge is 0.385 e. The molecule has 0 spiro atoms. The smallest absolute Gasteiger partial charge is 0.0487 e. The quantitative estimate of drug-likeness (QED) is 0.442. The summed E-state index contributed by atoms with van der Waals surface area (Å²) in [5.41, 5.74) is 0. The molecule has 0 atom stereocenters. The first kappa shape index (κ1) is 16.8. The molecular formula is C13H28O4. The van der Waals surface area contributed by atoms with E-state index in [9.17, 15) is 0 Å². The number of hydrogen-bond donors (Lipinski definition) is 0. The summed E-state index contributed by atoms with van der Waals surface area (Å²) in [7, 11) is 3.43. The van der Waals surface area contributed by atoms with Crippen LogP contribution in [-0.4, -0.2) is 53.9 Å². The summed E-state index contributed by atoms with van der Waals surface area (Å²) in [6, 6.07) is 0. The molecule has 17 heavy (non-hydrogen) atoms. The Labute approximate surface area is 106 Å². The molecule has 0 aromatic heterocycles. The van der Waals surface area contributed by atoms with Crippen LogP contribution in [0, 0.1) is 0 Å². The molecule has 104 valence electrons. The van der Waals surface area contributed by atoms with Crippen LogP contribution >= 0.6 is 0 Å². The third kappa shape index (κ3) is 15.8. The van der Waals surface area contributed by atoms with Crippen molar-refractivity contribution < 1.29 is 18.9 Å². The fraction of sp³-hybridized carbons (Fsp3) is 1.00. The van der Waals surface area contributed by atoms with Gasteiger partial charge in [0.15, 0.2) is 0 Å². The maximum atomic E-state index is 5.46. The van der Waals surface area contributed by atoms with Crippen molar-refractivity contribution in [2.45, 2.75) is 32.1 Å². The maximum Gasteiger partial charge on any atom is 0.0487 e. The average Bonchev–Trinajstić information content (AvgIpc) is 2.35. The molecule has 0 radical (unpaired) electrons. The van der Waals surface area contributed by atoms with Crippen molar-refractivity contribution in [1.82, 2.24) is 0 Å². The van der Waals surface area contributed by atoms with E-state index in [0.717, 1.165) is 65.3 Å². The summed E-state index contributed by atoms with van der Waals surface area (Å²) in [6.07, 6.45) is 5.38. The van der Waals surface area contributed by atoms with Crippen molar-refractivity contribution >= 4 is 0 Å². The predicted octanol–water partition coefficient (Wildman–Crippen LogP) is 2.26. The first-order valence-corrected chi connectivity index (χ1v) is 6.55. The topological polar surface area (TPSA) is 36.9 Å². The van der Waals surface area contributed by atoms with Crippen LogP contribution in [0.3, 0.4) is 0 Å². The highest BCUT2D eigenvalue weighted by molar-refractivity contribution is 4.42. The Balaban J connectivity index is 2.85. The Morgan fingerprint density at radius 1 is 0.471 bits per heavy atom. The molecule has 0 unspecified atom stereocenters. The minimum Gasteiger partial charge on any atom is -0.385 e. The van der Waals surface area contributed by atoms with E-state index in [1.54, 1.807) is 14.2 Å². The molecular weight excluding hydrogens is 220 g/mol. The van der Waals surface area contributed by atoms with Gasteiger partial charge < -0.3 is 18.9 Å². The molecule has 0 aromatic carbocycles. The van der Waals surface area contributed by atoms with Crippen molar-refractivity contribution in [2.24, 2.45) is 0 Å². The van der Waals surface area contributed by atoms with Gasteiger partial charge >= 0.3 is 0 Å². The van der Waals surface area contributed by atoms with E-state index in [2.05, 4.69) is 0 Å². The lowest BCUT2D eigenvalue weighted by atomic mass is 10.2. The zero-order valence-corrected chi connectivity index (χ0v) is 11.4. The Hall–Kier alpha value is -0.160. The maximum absolute atomic E-state index is 5.46. The van der Waals surface area contributed by atoms with Gasteiger partial charge in [0.2, 0.25) is 0 Å². The van der Waals surface area contributed by atoms with Gasteiger partial charge in [-0.3, -0.25) is 0 Å². The van der Waals surface area contributed by atoms with Gasteiger partial charge in [-0.05, 0) is 32.1 Å². The SMILES string of the molecule is COCCCOCCCCCOCCCOC. The highest BCUT2D eigenvalue weighted by Gasteiger charge is 1.92. The van der Waals surface area contributed by atoms with E-state index in [0.29, 0.717) is 0 Å². The van der Waals surface area contributed by atoms with Gasteiger partial charge in [-0.15, -0.1) is 0 Å². The first-order valence-electron chi connectivity index (χ1n) is 6.55. The van der Waals surface area contributed by atoms with Gasteiger partial charge in [-0.1, -0.05) is 0 Å². The molecule has 0 bridgehead atoms. The van der Waals surface area contributed by atoms with Gasteiger partial charge in [0, 0.05) is 53.9 Å². The molecule has 0 saturated heterocycles. The zero-order valence-electron chi connectivity index (χ0n) is 11.4. The second kappa shape index (κ2) is 15.8. The predicted molar refractivity (Wildman–Crippen MR) is 68.5 cm³/mol. The Kier molecular flexibility index (Phi) is 15.7. The van der Waals surface area contributed by atoms with Gasteiger partial charge in [0.1, 0.15) is 0 Å². The standard InChI is InChI=1S/C13H28O4/c1-14-8-6-12-16-10-4-3-5-11-17-13-7-9-15-2/h3-13H2,1-2H3. The Morgan fingerprint density at radius 3 is 1.29 bits per heavy atom. The average molecular weight is 248 g/mol. The van der Waals surface area contributed by atoms with E-state index < -0.39 is 0 Å². The lowest BCUT2D eigenvalue weighted by molar-refractivity contribution is 0.0896. The summed E-state index contributed by atoms with van der Waals surface area (Å²) in [5, 5.41) is 0. The second-order valence-electron chi connectivity index (χ2n) is 3.98. The molecule has 0 fully saturated rings. The molecule has 0 amide bonds. The summed E-state index contributed by atoms with van der Waals surface area (Å²) < 4.78 is 20.8. The molecule has 0 aliphatic rings. The third-order valence-corrected chi connectivity index (χ3v) is 2.35. The van der Waals surface area contributed by atoms with Crippen molar-refractivity contribution in [3.63, 3.8) is 0 Å². The van der Waals surface area contributed by atoms with E-state index in [-0.39, 0.29) is 0 Å². The van der Waals surface area contributed by atoms with Gasteiger partial charge in [-0.25, -0.2) is 0 Å². The minimum atomic E-state index is 0.787. The molecule has 0 rings (SSSR count). The number of hydrogen-bond acceptors (Lipinski definition) is 4. The lowest BCUT2D eigenvalue weighted by Gasteiger charge is -2.05. The summed E-state index contributed by atoms with van der Waals surface area (Å²) in [6.45, 7) is 4.90. The van der Waals surface area contributed by atoms with Crippen LogP contribution in [0.2, 0.25) is 0 Å². The number of rotatable bonds is 14. The number of unbranched alkanes of at least 4 members (excludes halogenated alkanes) is 2. The van der Waals surface area contributed by atoms with E-state index in [1.165, 1.54) is 6.42 Å². The van der Waals surface area contributed by atoms with Crippen LogP contribution < -0.4 is 0 Å². The number of ether oxygens (including phenoxy) is 4. The van der Waals surface area contributed by atoms with Crippen LogP contribution in [0.1, 0.15) is 32.1 Å². The first-order chi connectivity index (χ1) is 8.41. The summed E-state index contributed by atoms with van der Waals surface area (Å²) in [4.78, 5) is 0. The minimum absolute atomic E-state index is 0.787. The van der Waals surface area contributed by atoms with Crippen LogP contribution in [-0.2, 0) is 18.9 Å². The normalized spacial score (nSPS) is 10.9. The van der Waals surface area contributed by atoms with Gasteiger partial charge in [0.25, 0.3) is 0 Å². The van der Waals surface area contributed by atoms with Crippen LogP contribution in [0.25, 0.3) is 0 Å². The summed E-state index contributed by atoms with van der Waals surface area (Å²) >= 11 is 0. The molecule has 0 aliphatic heterocycles. The van der Waals surface area contributed by atoms with Crippen molar-refractivity contribution in [1.29, 1.82) is 0 Å². The molecule has 4 heteroatoms. The highest BCUT2D eigenvalue weighted by atomic mass is 16.5. The highest BCUT2D eigenvalue weighted by Crippen LogP contribution is 1.97. The van der Waals surface area contributed by atoms with E-state index in [1.807, 2.05) is 0 Å². The fourth-order valence-electron chi connectivity index (χ4n) is 1.40. The molecule has 0 saturated carbocycles. The van der Waals surface area contributed by atoms with Crippen LogP contribution in [0.4, 0.5) is 0 Å². The number of methoxy groups -OCH3 is 2. The lowest BCUT2D eigenvalue weighted by Crippen LogP contribution is -2.02. The molecule has 0 heterocycles. The molecule has 0 N–H and O–H groups in total. The zero-order chi connectivity index (χ0) is 12.6. The Bertz CT molecular complexity index is 117. The van der Waals surface area contributed by atoms with E-state index >= 15 is 0 Å². The van der Waals surface area contributed by atoms with Gasteiger partial charge in [-0.2, -0.15) is 0 Å². The van der Waals surface area contributed by atoms with Crippen LogP contribution in [0.15, 0.2) is 0 Å². The van der Waals surface area contributed by atoms with Crippen molar-refractivity contribution in [2.75, 3.05) is 53.9 Å². The summed E-state index contributed by atoms with van der Waals surface area (Å²) in [5.74, 6) is 0. The molecule has 4 nitrogen and oxygen atoms in total.